The summed E-state index contributed by atoms with van der Waals surface area (Å²) < 4.78 is 132. The van der Waals surface area contributed by atoms with Crippen LogP contribution in [0, 0.1) is 0 Å². The van der Waals surface area contributed by atoms with Crippen LogP contribution in [0.4, 0.5) is 35.1 Å². The van der Waals surface area contributed by atoms with Gasteiger partial charge in [0.05, 0.1) is 26.4 Å². The highest BCUT2D eigenvalue weighted by atomic mass is 19.3. The van der Waals surface area contributed by atoms with Crippen molar-refractivity contribution >= 4 is 11.9 Å². The van der Waals surface area contributed by atoms with Gasteiger partial charge >= 0.3 is 36.0 Å². The van der Waals surface area contributed by atoms with Crippen LogP contribution in [0.15, 0.2) is 25.3 Å². The first-order valence-electron chi connectivity index (χ1n) is 10.1. The number of carbonyl (C=O) groups is 2. The highest BCUT2D eigenvalue weighted by Gasteiger charge is 2.59. The fraction of sp³-hybridized carbons (Fsp3) is 0.700. The molecular weight excluding hydrogens is 520 g/mol. The van der Waals surface area contributed by atoms with Crippen LogP contribution >= 0.6 is 0 Å². The molecule has 0 atom stereocenters. The summed E-state index contributed by atoms with van der Waals surface area (Å²) >= 11 is 0. The monoisotopic (exact) mass is 546 g/mol. The van der Waals surface area contributed by atoms with E-state index in [9.17, 15) is 44.7 Å². The van der Waals surface area contributed by atoms with Crippen LogP contribution in [0.1, 0.15) is 12.8 Å². The molecule has 0 aromatic carbocycles. The Labute approximate surface area is 201 Å². The van der Waals surface area contributed by atoms with E-state index in [2.05, 4.69) is 32.1 Å². The van der Waals surface area contributed by atoms with Crippen molar-refractivity contribution in [1.29, 1.82) is 0 Å². The van der Waals surface area contributed by atoms with E-state index in [4.69, 9.17) is 9.47 Å². The summed E-state index contributed by atoms with van der Waals surface area (Å²) in [5.41, 5.74) is 0. The molecule has 0 rings (SSSR count). The molecule has 36 heavy (non-hydrogen) atoms. The molecule has 0 saturated heterocycles. The van der Waals surface area contributed by atoms with Crippen LogP contribution in [-0.2, 0) is 38.0 Å². The molecule has 0 aliphatic carbocycles. The minimum Gasteiger partial charge on any atom is -0.456 e. The summed E-state index contributed by atoms with van der Waals surface area (Å²) in [6, 6.07) is 0. The van der Waals surface area contributed by atoms with E-state index < -0.39 is 62.4 Å². The molecule has 0 radical (unpaired) electrons. The Kier molecular flexibility index (Phi) is 14.7. The summed E-state index contributed by atoms with van der Waals surface area (Å²) in [5, 5.41) is 0. The number of rotatable bonds is 21. The van der Waals surface area contributed by atoms with Gasteiger partial charge < -0.3 is 28.4 Å². The number of halogens is 8. The highest BCUT2D eigenvalue weighted by molar-refractivity contribution is 5.81. The number of hydrogen-bond donors (Lipinski definition) is 0. The predicted molar refractivity (Wildman–Crippen MR) is 105 cm³/mol. The molecule has 8 nitrogen and oxygen atoms in total. The summed E-state index contributed by atoms with van der Waals surface area (Å²) in [5.74, 6) is -12.2. The maximum Gasteiger partial charge on any atom is 0.422 e. The third-order valence-electron chi connectivity index (χ3n) is 3.78. The second kappa shape index (κ2) is 15.7. The second-order valence-corrected chi connectivity index (χ2v) is 6.69. The first-order valence-corrected chi connectivity index (χ1v) is 10.1. The zero-order valence-electron chi connectivity index (χ0n) is 18.9. The van der Waals surface area contributed by atoms with E-state index in [0.29, 0.717) is 12.2 Å². The van der Waals surface area contributed by atoms with Crippen molar-refractivity contribution in [3.05, 3.63) is 25.3 Å². The Bertz CT molecular complexity index is 645. The SMILES string of the molecule is C=CC(=O)OCC(F)(F)C(F)(F)OCCCOCCOCCCOC(F)(F)C(F)(F)COC(=O)C=C. The van der Waals surface area contributed by atoms with Crippen LogP contribution in [0.2, 0.25) is 0 Å². The average molecular weight is 546 g/mol. The van der Waals surface area contributed by atoms with Gasteiger partial charge in [0.15, 0.2) is 13.2 Å². The van der Waals surface area contributed by atoms with Crippen molar-refractivity contribution in [3.63, 3.8) is 0 Å². The Hall–Kier alpha value is -2.30. The van der Waals surface area contributed by atoms with Gasteiger partial charge in [-0.2, -0.15) is 35.1 Å². The van der Waals surface area contributed by atoms with Crippen molar-refractivity contribution in [3.8, 4) is 0 Å². The molecule has 0 heterocycles. The summed E-state index contributed by atoms with van der Waals surface area (Å²) in [4.78, 5) is 21.4. The molecule has 0 aliphatic heterocycles. The smallest absolute Gasteiger partial charge is 0.422 e. The fourth-order valence-electron chi connectivity index (χ4n) is 1.87. The fourth-order valence-corrected chi connectivity index (χ4v) is 1.87. The summed E-state index contributed by atoms with van der Waals surface area (Å²) in [6.45, 7) is -0.139. The normalized spacial score (nSPS) is 12.8. The number of alkyl halides is 8. The zero-order valence-corrected chi connectivity index (χ0v) is 18.9. The van der Waals surface area contributed by atoms with E-state index in [1.807, 2.05) is 0 Å². The lowest BCUT2D eigenvalue weighted by Gasteiger charge is -2.25. The molecule has 0 aliphatic rings. The number of esters is 2. The van der Waals surface area contributed by atoms with E-state index in [1.54, 1.807) is 0 Å². The highest BCUT2D eigenvalue weighted by Crippen LogP contribution is 2.36. The minimum atomic E-state index is -4.91. The number of hydrogen-bond acceptors (Lipinski definition) is 8. The van der Waals surface area contributed by atoms with Gasteiger partial charge in [-0.1, -0.05) is 13.2 Å². The van der Waals surface area contributed by atoms with E-state index >= 15 is 0 Å². The Morgan fingerprint density at radius 1 is 0.583 bits per heavy atom. The van der Waals surface area contributed by atoms with Crippen molar-refractivity contribution in [1.82, 2.24) is 0 Å². The minimum absolute atomic E-state index is 0.0895. The molecule has 210 valence electrons. The third kappa shape index (κ3) is 12.6. The maximum atomic E-state index is 13.4. The van der Waals surface area contributed by atoms with Gasteiger partial charge in [0, 0.05) is 25.4 Å². The Morgan fingerprint density at radius 3 is 1.22 bits per heavy atom. The lowest BCUT2D eigenvalue weighted by Crippen LogP contribution is -2.47. The van der Waals surface area contributed by atoms with Crippen molar-refractivity contribution in [2.45, 2.75) is 36.9 Å². The molecule has 0 unspecified atom stereocenters. The van der Waals surface area contributed by atoms with Crippen molar-refractivity contribution < 1.29 is 73.1 Å². The average Bonchev–Trinajstić information content (AvgIpc) is 2.81. The van der Waals surface area contributed by atoms with Gasteiger partial charge in [-0.15, -0.1) is 0 Å². The van der Waals surface area contributed by atoms with Crippen molar-refractivity contribution in [2.24, 2.45) is 0 Å². The number of ether oxygens (including phenoxy) is 6. The molecule has 0 bridgehead atoms. The predicted octanol–water partition coefficient (Wildman–Crippen LogP) is 3.75. The largest absolute Gasteiger partial charge is 0.456 e. The van der Waals surface area contributed by atoms with Gasteiger partial charge in [-0.05, 0) is 12.8 Å². The van der Waals surface area contributed by atoms with Crippen LogP contribution in [0.25, 0.3) is 0 Å². The van der Waals surface area contributed by atoms with Gasteiger partial charge in [0.25, 0.3) is 0 Å². The molecular formula is C20H26F8O8. The molecule has 0 N–H and O–H groups in total. The lowest BCUT2D eigenvalue weighted by molar-refractivity contribution is -0.354. The first-order chi connectivity index (χ1) is 16.6. The van der Waals surface area contributed by atoms with E-state index in [1.165, 1.54) is 0 Å². The quantitative estimate of drug-likeness (QED) is 0.0932. The lowest BCUT2D eigenvalue weighted by atomic mass is 10.3. The summed E-state index contributed by atoms with van der Waals surface area (Å²) in [6.07, 6.45) is -9.18. The van der Waals surface area contributed by atoms with Gasteiger partial charge in [-0.25, -0.2) is 9.59 Å². The topological polar surface area (TPSA) is 89.5 Å². The van der Waals surface area contributed by atoms with Crippen LogP contribution < -0.4 is 0 Å². The Morgan fingerprint density at radius 2 is 0.917 bits per heavy atom. The van der Waals surface area contributed by atoms with Crippen molar-refractivity contribution in [2.75, 3.05) is 52.9 Å². The van der Waals surface area contributed by atoms with E-state index in [0.717, 1.165) is 0 Å². The molecule has 0 amide bonds. The number of carbonyl (C=O) groups excluding carboxylic acids is 2. The summed E-state index contributed by atoms with van der Waals surface area (Å²) in [7, 11) is 0. The molecule has 0 fully saturated rings. The zero-order chi connectivity index (χ0) is 27.9. The Balaban J connectivity index is 3.91. The second-order valence-electron chi connectivity index (χ2n) is 6.69. The molecule has 16 heteroatoms. The van der Waals surface area contributed by atoms with Crippen LogP contribution in [0.5, 0.6) is 0 Å². The van der Waals surface area contributed by atoms with Crippen LogP contribution in [-0.4, -0.2) is 88.9 Å². The molecule has 0 aromatic rings. The first kappa shape index (κ1) is 33.7. The van der Waals surface area contributed by atoms with Gasteiger partial charge in [0.2, 0.25) is 0 Å². The van der Waals surface area contributed by atoms with Crippen LogP contribution in [0.3, 0.4) is 0 Å². The standard InChI is InChI=1S/C20H26F8O8/c1-3-15(29)33-13-17(21,22)19(25,26)35-9-5-7-31-11-12-32-8-6-10-36-20(27,28)18(23,24)14-34-16(30)4-2/h3-4H,1-2,5-14H2. The van der Waals surface area contributed by atoms with Gasteiger partial charge in [0.1, 0.15) is 0 Å². The molecule has 0 aromatic heterocycles. The van der Waals surface area contributed by atoms with E-state index in [-0.39, 0.29) is 39.3 Å². The maximum absolute atomic E-state index is 13.4. The molecule has 0 saturated carbocycles. The molecule has 0 spiro atoms. The van der Waals surface area contributed by atoms with Gasteiger partial charge in [-0.3, -0.25) is 0 Å². The third-order valence-corrected chi connectivity index (χ3v) is 3.78.